The van der Waals surface area contributed by atoms with E-state index in [1.165, 1.54) is 0 Å². The zero-order chi connectivity index (χ0) is 8.20. The Bertz CT molecular complexity index is 123. The second-order valence-corrected chi connectivity index (χ2v) is 1.71. The van der Waals surface area contributed by atoms with Crippen molar-refractivity contribution in [2.45, 2.75) is 6.42 Å². The zero-order valence-electron chi connectivity index (χ0n) is 5.52. The molecule has 0 aliphatic carbocycles. The summed E-state index contributed by atoms with van der Waals surface area (Å²) < 4.78 is 0. The van der Waals surface area contributed by atoms with Crippen LogP contribution in [0.3, 0.4) is 0 Å². The van der Waals surface area contributed by atoms with Crippen LogP contribution in [-0.4, -0.2) is 40.1 Å². The minimum absolute atomic E-state index is 0.360. The molecule has 0 rings (SSSR count). The summed E-state index contributed by atoms with van der Waals surface area (Å²) in [6.45, 7) is -0.397. The van der Waals surface area contributed by atoms with E-state index in [0.29, 0.717) is 0 Å². The second kappa shape index (κ2) is 3.47. The van der Waals surface area contributed by atoms with Crippen LogP contribution in [0.15, 0.2) is 0 Å². The summed E-state index contributed by atoms with van der Waals surface area (Å²) in [7, 11) is 1.06. The van der Waals surface area contributed by atoms with Crippen molar-refractivity contribution in [3.05, 3.63) is 0 Å². The lowest BCUT2D eigenvalue weighted by molar-refractivity contribution is -1.36. The molecule has 0 saturated carbocycles. The summed E-state index contributed by atoms with van der Waals surface area (Å²) >= 11 is 0. The SMILES string of the molecule is CO[N+](O)(O)CCC(=O)O. The van der Waals surface area contributed by atoms with E-state index in [4.69, 9.17) is 15.5 Å². The van der Waals surface area contributed by atoms with E-state index < -0.39 is 17.5 Å². The molecule has 0 aliphatic rings. The number of rotatable bonds is 4. The molecule has 0 fully saturated rings. The summed E-state index contributed by atoms with van der Waals surface area (Å²) in [6.07, 6.45) is -0.360. The molecule has 0 spiro atoms. The molecule has 0 bridgehead atoms. The fourth-order valence-corrected chi connectivity index (χ4v) is 0.333. The van der Waals surface area contributed by atoms with Crippen LogP contribution in [0.25, 0.3) is 0 Å². The van der Waals surface area contributed by atoms with E-state index in [-0.39, 0.29) is 6.42 Å². The van der Waals surface area contributed by atoms with E-state index in [2.05, 4.69) is 4.84 Å². The summed E-state index contributed by atoms with van der Waals surface area (Å²) in [5.41, 5.74) is 0. The summed E-state index contributed by atoms with van der Waals surface area (Å²) in [6, 6.07) is 0. The Morgan fingerprint density at radius 3 is 2.40 bits per heavy atom. The second-order valence-electron chi connectivity index (χ2n) is 1.71. The van der Waals surface area contributed by atoms with Crippen molar-refractivity contribution in [3.63, 3.8) is 0 Å². The molecule has 0 heterocycles. The van der Waals surface area contributed by atoms with Gasteiger partial charge in [0.25, 0.3) is 0 Å². The van der Waals surface area contributed by atoms with E-state index in [0.717, 1.165) is 7.11 Å². The number of hydrogen-bond donors (Lipinski definition) is 3. The molecule has 0 amide bonds. The Morgan fingerprint density at radius 2 is 2.10 bits per heavy atom. The molecule has 0 atom stereocenters. The molecule has 10 heavy (non-hydrogen) atoms. The molecular formula is C4H10NO5+. The maximum Gasteiger partial charge on any atom is 0.309 e. The lowest BCUT2D eigenvalue weighted by Crippen LogP contribution is -2.41. The van der Waals surface area contributed by atoms with Gasteiger partial charge in [-0.3, -0.25) is 4.79 Å². The first-order valence-corrected chi connectivity index (χ1v) is 2.59. The topological polar surface area (TPSA) is 87.0 Å². The highest BCUT2D eigenvalue weighted by atomic mass is 17.1. The minimum atomic E-state index is -1.72. The van der Waals surface area contributed by atoms with E-state index in [1.807, 2.05) is 0 Å². The third-order valence-electron chi connectivity index (χ3n) is 0.909. The van der Waals surface area contributed by atoms with Crippen LogP contribution in [-0.2, 0) is 9.63 Å². The molecule has 0 aromatic rings. The lowest BCUT2D eigenvalue weighted by atomic mass is 10.4. The van der Waals surface area contributed by atoms with Crippen LogP contribution in [0.4, 0.5) is 0 Å². The van der Waals surface area contributed by atoms with Crippen LogP contribution in [0, 0.1) is 0 Å². The summed E-state index contributed by atoms with van der Waals surface area (Å²) in [5, 5.41) is 25.2. The summed E-state index contributed by atoms with van der Waals surface area (Å²) in [4.78, 5) is 12.2. The van der Waals surface area contributed by atoms with Crippen molar-refractivity contribution in [2.24, 2.45) is 0 Å². The zero-order valence-corrected chi connectivity index (χ0v) is 5.52. The maximum atomic E-state index is 9.87. The molecular weight excluding hydrogens is 142 g/mol. The monoisotopic (exact) mass is 152 g/mol. The van der Waals surface area contributed by atoms with Crippen molar-refractivity contribution in [3.8, 4) is 0 Å². The predicted octanol–water partition coefficient (Wildman–Crippen LogP) is -0.382. The molecule has 3 N–H and O–H groups in total. The van der Waals surface area contributed by atoms with Gasteiger partial charge in [0.2, 0.25) is 0 Å². The minimum Gasteiger partial charge on any atom is -0.481 e. The number of nitrogens with zero attached hydrogens (tertiary/aromatic N) is 1. The molecule has 6 heteroatoms. The third-order valence-corrected chi connectivity index (χ3v) is 0.909. The summed E-state index contributed by atoms with van der Waals surface area (Å²) in [5.74, 6) is -1.11. The van der Waals surface area contributed by atoms with Gasteiger partial charge < -0.3 is 5.11 Å². The van der Waals surface area contributed by atoms with Crippen molar-refractivity contribution in [2.75, 3.05) is 13.7 Å². The predicted molar refractivity (Wildman–Crippen MR) is 28.0 cm³/mol. The van der Waals surface area contributed by atoms with Gasteiger partial charge >= 0.3 is 5.97 Å². The Morgan fingerprint density at radius 1 is 1.60 bits per heavy atom. The number of carboxylic acid groups (broad SMARTS) is 1. The Hall–Kier alpha value is -0.690. The number of hydrogen-bond acceptors (Lipinski definition) is 4. The quantitative estimate of drug-likeness (QED) is 0.377. The fourth-order valence-electron chi connectivity index (χ4n) is 0.333. The third kappa shape index (κ3) is 4.21. The van der Waals surface area contributed by atoms with Crippen LogP contribution in [0.2, 0.25) is 0 Å². The first kappa shape index (κ1) is 9.31. The van der Waals surface area contributed by atoms with Gasteiger partial charge in [0.05, 0.1) is 4.97 Å². The lowest BCUT2D eigenvalue weighted by Gasteiger charge is -2.14. The van der Waals surface area contributed by atoms with Crippen molar-refractivity contribution >= 4 is 5.97 Å². The first-order chi connectivity index (χ1) is 4.48. The Kier molecular flexibility index (Phi) is 3.23. The normalized spacial score (nSPS) is 11.5. The van der Waals surface area contributed by atoms with Gasteiger partial charge in [-0.05, 0) is 0 Å². The van der Waals surface area contributed by atoms with Crippen molar-refractivity contribution < 1.29 is 30.1 Å². The van der Waals surface area contributed by atoms with Gasteiger partial charge in [-0.1, -0.05) is 0 Å². The van der Waals surface area contributed by atoms with Gasteiger partial charge in [0.1, 0.15) is 13.5 Å². The van der Waals surface area contributed by atoms with Gasteiger partial charge in [0.15, 0.2) is 6.54 Å². The highest BCUT2D eigenvalue weighted by Gasteiger charge is 2.23. The smallest absolute Gasteiger partial charge is 0.309 e. The van der Waals surface area contributed by atoms with Gasteiger partial charge in [0, 0.05) is 0 Å². The molecule has 0 radical (unpaired) electrons. The fraction of sp³-hybridized carbons (Fsp3) is 0.750. The standard InChI is InChI=1S/C4H9NO5/c1-10-5(8,9)3-2-4(6)7/h8-9H,2-3H2,1H3/p+1. The molecule has 0 unspecified atom stereocenters. The van der Waals surface area contributed by atoms with Crippen LogP contribution in [0.5, 0.6) is 0 Å². The van der Waals surface area contributed by atoms with Crippen molar-refractivity contribution in [1.82, 2.24) is 0 Å². The average Bonchev–Trinajstić information content (AvgIpc) is 1.85. The number of carboxylic acids is 1. The Labute approximate surface area is 57.3 Å². The first-order valence-electron chi connectivity index (χ1n) is 2.59. The maximum absolute atomic E-state index is 9.87. The molecule has 6 nitrogen and oxygen atoms in total. The van der Waals surface area contributed by atoms with Gasteiger partial charge in [-0.25, -0.2) is 0 Å². The van der Waals surface area contributed by atoms with Gasteiger partial charge in [-0.2, -0.15) is 0 Å². The number of carbonyl (C=O) groups is 1. The highest BCUT2D eigenvalue weighted by Crippen LogP contribution is 1.96. The molecule has 0 aliphatic heterocycles. The van der Waals surface area contributed by atoms with Crippen LogP contribution in [0.1, 0.15) is 6.42 Å². The van der Waals surface area contributed by atoms with E-state index in [1.54, 1.807) is 0 Å². The molecule has 0 aromatic carbocycles. The van der Waals surface area contributed by atoms with Gasteiger partial charge in [-0.15, -0.1) is 15.3 Å². The molecule has 60 valence electrons. The largest absolute Gasteiger partial charge is 0.481 e. The molecule has 0 aromatic heterocycles. The number of quaternary nitrogens is 1. The number of aliphatic carboxylic acids is 1. The number of hydroxylamine groups is 3. The Balaban J connectivity index is 3.56. The van der Waals surface area contributed by atoms with E-state index >= 15 is 0 Å². The van der Waals surface area contributed by atoms with Crippen LogP contribution >= 0.6 is 0 Å². The van der Waals surface area contributed by atoms with E-state index in [9.17, 15) is 4.79 Å². The van der Waals surface area contributed by atoms with Crippen molar-refractivity contribution in [1.29, 1.82) is 0 Å². The molecule has 0 saturated heterocycles. The average molecular weight is 152 g/mol. The van der Waals surface area contributed by atoms with Crippen LogP contribution < -0.4 is 0 Å². The highest BCUT2D eigenvalue weighted by molar-refractivity contribution is 5.66.